The maximum absolute atomic E-state index is 13.1. The van der Waals surface area contributed by atoms with Gasteiger partial charge in [-0.3, -0.25) is 0 Å². The lowest BCUT2D eigenvalue weighted by atomic mass is 10.0. The lowest BCUT2D eigenvalue weighted by Gasteiger charge is -2.12. The van der Waals surface area contributed by atoms with E-state index in [1.54, 1.807) is 42.5 Å². The minimum absolute atomic E-state index is 0.117. The zero-order valence-electron chi connectivity index (χ0n) is 16.4. The van der Waals surface area contributed by atoms with E-state index in [-0.39, 0.29) is 16.2 Å². The number of phenols is 1. The monoisotopic (exact) mass is 506 g/mol. The highest BCUT2D eigenvalue weighted by molar-refractivity contribution is 9.10. The second-order valence-corrected chi connectivity index (χ2v) is 9.67. The van der Waals surface area contributed by atoms with Gasteiger partial charge >= 0.3 is 16.1 Å². The number of carbonyl (C=O) groups is 1. The van der Waals surface area contributed by atoms with Crippen LogP contribution in [0.4, 0.5) is 0 Å². The van der Waals surface area contributed by atoms with Gasteiger partial charge in [-0.15, -0.1) is 0 Å². The molecule has 1 N–H and O–H groups in total. The standard InChI is InChI=1S/C25H15BrO5S/c26-22-14-21(24(27)19-10-4-3-9-18(19)22)25(28)31-32(29,30)23-11-5-8-17-12-15-6-1-2-7-16(15)13-20(17)23/h1-14,27H. The second-order valence-electron chi connectivity index (χ2n) is 7.30. The van der Waals surface area contributed by atoms with Crippen molar-refractivity contribution in [1.29, 1.82) is 0 Å². The third-order valence-corrected chi connectivity index (χ3v) is 7.27. The van der Waals surface area contributed by atoms with Crippen molar-refractivity contribution in [3.63, 3.8) is 0 Å². The van der Waals surface area contributed by atoms with Crippen LogP contribution in [0.5, 0.6) is 5.75 Å². The Kier molecular flexibility index (Phi) is 4.87. The quantitative estimate of drug-likeness (QED) is 0.234. The lowest BCUT2D eigenvalue weighted by Crippen LogP contribution is -2.14. The van der Waals surface area contributed by atoms with E-state index in [2.05, 4.69) is 15.9 Å². The molecule has 0 radical (unpaired) electrons. The van der Waals surface area contributed by atoms with Gasteiger partial charge in [0.2, 0.25) is 0 Å². The van der Waals surface area contributed by atoms with Gasteiger partial charge in [0.05, 0.1) is 0 Å². The summed E-state index contributed by atoms with van der Waals surface area (Å²) in [4.78, 5) is 12.7. The number of rotatable bonds is 3. The molecule has 0 fully saturated rings. The van der Waals surface area contributed by atoms with E-state index in [0.29, 0.717) is 26.0 Å². The summed E-state index contributed by atoms with van der Waals surface area (Å²) in [5, 5.41) is 14.7. The fourth-order valence-electron chi connectivity index (χ4n) is 3.82. The molecule has 0 spiro atoms. The SMILES string of the molecule is O=C(OS(=O)(=O)c1cccc2cc3ccccc3cc12)c1cc(Br)c2ccccc2c1O. The van der Waals surface area contributed by atoms with Gasteiger partial charge in [0.25, 0.3) is 0 Å². The minimum Gasteiger partial charge on any atom is -0.506 e. The predicted molar refractivity (Wildman–Crippen MR) is 127 cm³/mol. The van der Waals surface area contributed by atoms with Gasteiger partial charge in [-0.25, -0.2) is 4.79 Å². The van der Waals surface area contributed by atoms with Crippen molar-refractivity contribution in [1.82, 2.24) is 0 Å². The van der Waals surface area contributed by atoms with Gasteiger partial charge in [0.1, 0.15) is 16.2 Å². The van der Waals surface area contributed by atoms with E-state index < -0.39 is 16.1 Å². The molecule has 0 unspecified atom stereocenters. The van der Waals surface area contributed by atoms with E-state index in [4.69, 9.17) is 4.18 Å². The number of fused-ring (bicyclic) bond motifs is 3. The number of hydrogen-bond acceptors (Lipinski definition) is 5. The van der Waals surface area contributed by atoms with Gasteiger partial charge in [0, 0.05) is 15.2 Å². The number of halogens is 1. The fraction of sp³-hybridized carbons (Fsp3) is 0. The first-order valence-corrected chi connectivity index (χ1v) is 11.9. The highest BCUT2D eigenvalue weighted by Crippen LogP contribution is 2.36. The van der Waals surface area contributed by atoms with E-state index >= 15 is 0 Å². The Morgan fingerprint density at radius 3 is 2.12 bits per heavy atom. The molecule has 5 aromatic rings. The van der Waals surface area contributed by atoms with Crippen molar-refractivity contribution < 1.29 is 22.5 Å². The van der Waals surface area contributed by atoms with Gasteiger partial charge < -0.3 is 9.29 Å². The average molecular weight is 507 g/mol. The molecule has 0 heterocycles. The number of carbonyl (C=O) groups excluding carboxylic acids is 1. The van der Waals surface area contributed by atoms with Crippen molar-refractivity contribution in [2.75, 3.05) is 0 Å². The molecule has 7 heteroatoms. The van der Waals surface area contributed by atoms with Crippen molar-refractivity contribution in [2.45, 2.75) is 4.90 Å². The Labute approximate surface area is 192 Å². The van der Waals surface area contributed by atoms with Crippen LogP contribution >= 0.6 is 15.9 Å². The Hall–Kier alpha value is -3.42. The van der Waals surface area contributed by atoms with Gasteiger partial charge in [-0.05, 0) is 45.8 Å². The van der Waals surface area contributed by atoms with E-state index in [9.17, 15) is 18.3 Å². The molecule has 0 aliphatic rings. The Balaban J connectivity index is 1.60. The van der Waals surface area contributed by atoms with Gasteiger partial charge in [-0.1, -0.05) is 76.6 Å². The molecule has 158 valence electrons. The maximum atomic E-state index is 13.1. The molecule has 0 aromatic heterocycles. The molecule has 0 saturated heterocycles. The molecule has 0 atom stereocenters. The fourth-order valence-corrected chi connectivity index (χ4v) is 5.46. The highest BCUT2D eigenvalue weighted by atomic mass is 79.9. The van der Waals surface area contributed by atoms with E-state index in [1.165, 1.54) is 12.1 Å². The molecule has 5 aromatic carbocycles. The van der Waals surface area contributed by atoms with Gasteiger partial charge in [-0.2, -0.15) is 8.42 Å². The van der Waals surface area contributed by atoms with E-state index in [1.807, 2.05) is 30.3 Å². The molecule has 0 amide bonds. The summed E-state index contributed by atoms with van der Waals surface area (Å²) < 4.78 is 31.7. The van der Waals surface area contributed by atoms with Gasteiger partial charge in [0.15, 0.2) is 0 Å². The smallest absolute Gasteiger partial charge is 0.357 e. The topological polar surface area (TPSA) is 80.7 Å². The molecular formula is C25H15BrO5S. The lowest BCUT2D eigenvalue weighted by molar-refractivity contribution is 0.0744. The largest absolute Gasteiger partial charge is 0.506 e. The van der Waals surface area contributed by atoms with Crippen LogP contribution in [0.15, 0.2) is 94.3 Å². The first kappa shape index (κ1) is 20.5. The van der Waals surface area contributed by atoms with Crippen molar-refractivity contribution in [3.8, 4) is 5.75 Å². The number of aromatic hydroxyl groups is 1. The molecular weight excluding hydrogens is 492 g/mol. The van der Waals surface area contributed by atoms with Crippen LogP contribution in [0.3, 0.4) is 0 Å². The van der Waals surface area contributed by atoms with E-state index in [0.717, 1.165) is 10.8 Å². The van der Waals surface area contributed by atoms with Crippen LogP contribution in [0.25, 0.3) is 32.3 Å². The first-order valence-electron chi connectivity index (χ1n) is 9.66. The average Bonchev–Trinajstić information content (AvgIpc) is 2.79. The number of benzene rings is 5. The summed E-state index contributed by atoms with van der Waals surface area (Å²) >= 11 is 3.36. The Morgan fingerprint density at radius 1 is 0.750 bits per heavy atom. The zero-order valence-corrected chi connectivity index (χ0v) is 18.9. The summed E-state index contributed by atoms with van der Waals surface area (Å²) in [6, 6.07) is 24.3. The Morgan fingerprint density at radius 2 is 1.38 bits per heavy atom. The third-order valence-electron chi connectivity index (χ3n) is 5.35. The maximum Gasteiger partial charge on any atom is 0.357 e. The highest BCUT2D eigenvalue weighted by Gasteiger charge is 2.26. The minimum atomic E-state index is -4.46. The molecule has 0 aliphatic carbocycles. The summed E-state index contributed by atoms with van der Waals surface area (Å²) in [6.07, 6.45) is 0. The molecule has 5 nitrogen and oxygen atoms in total. The van der Waals surface area contributed by atoms with Crippen molar-refractivity contribution in [3.05, 3.63) is 95.0 Å². The molecule has 0 bridgehead atoms. The van der Waals surface area contributed by atoms with Crippen LogP contribution in [-0.2, 0) is 14.3 Å². The van der Waals surface area contributed by atoms with Crippen molar-refractivity contribution >= 4 is 64.3 Å². The number of hydrogen-bond donors (Lipinski definition) is 1. The summed E-state index contributed by atoms with van der Waals surface area (Å²) in [5.41, 5.74) is -0.246. The van der Waals surface area contributed by atoms with Crippen LogP contribution < -0.4 is 0 Å². The Bertz CT molecular complexity index is 1660. The third kappa shape index (κ3) is 3.39. The zero-order chi connectivity index (χ0) is 22.5. The molecule has 0 aliphatic heterocycles. The molecule has 0 saturated carbocycles. The predicted octanol–water partition coefficient (Wildman–Crippen LogP) is 6.16. The van der Waals surface area contributed by atoms with Crippen LogP contribution in [0.1, 0.15) is 10.4 Å². The van der Waals surface area contributed by atoms with Crippen molar-refractivity contribution in [2.24, 2.45) is 0 Å². The second kappa shape index (κ2) is 7.62. The summed E-state index contributed by atoms with van der Waals surface area (Å²) in [6.45, 7) is 0. The normalized spacial score (nSPS) is 11.8. The molecule has 5 rings (SSSR count). The van der Waals surface area contributed by atoms with Crippen LogP contribution in [0.2, 0.25) is 0 Å². The molecule has 32 heavy (non-hydrogen) atoms. The number of phenolic OH excluding ortho intramolecular Hbond substituents is 1. The van der Waals surface area contributed by atoms with Crippen LogP contribution in [-0.4, -0.2) is 19.5 Å². The summed E-state index contributed by atoms with van der Waals surface area (Å²) in [7, 11) is -4.46. The van der Waals surface area contributed by atoms with Crippen LogP contribution in [0, 0.1) is 0 Å². The summed E-state index contributed by atoms with van der Waals surface area (Å²) in [5.74, 6) is -1.50. The first-order chi connectivity index (χ1) is 15.3.